The van der Waals surface area contributed by atoms with Gasteiger partial charge in [0.1, 0.15) is 23.1 Å². The summed E-state index contributed by atoms with van der Waals surface area (Å²) in [7, 11) is 0. The fraction of sp³-hybridized carbons (Fsp3) is 0.375. The van der Waals surface area contributed by atoms with Crippen LogP contribution in [0.2, 0.25) is 0 Å². The summed E-state index contributed by atoms with van der Waals surface area (Å²) in [5.74, 6) is -0.109. The number of nitrogens with one attached hydrogen (secondary N) is 1. The lowest BCUT2D eigenvalue weighted by atomic mass is 9.83. The summed E-state index contributed by atoms with van der Waals surface area (Å²) < 4.78 is 50.0. The van der Waals surface area contributed by atoms with Gasteiger partial charge in [0.05, 0.1) is 6.54 Å². The summed E-state index contributed by atoms with van der Waals surface area (Å²) >= 11 is 0. The SMILES string of the molecule is CC1(C)Oc2ccc(OC(F)(F)F)cc2C2C1=CCn1c(=O)[nH]c(=O)n12. The largest absolute Gasteiger partial charge is 0.573 e. The maximum absolute atomic E-state index is 12.6. The number of halogens is 3. The van der Waals surface area contributed by atoms with Crippen LogP contribution in [0.5, 0.6) is 11.5 Å². The summed E-state index contributed by atoms with van der Waals surface area (Å²) in [6.45, 7) is 3.74. The number of ether oxygens (including phenoxy) is 2. The third-order valence-corrected chi connectivity index (χ3v) is 4.51. The highest BCUT2D eigenvalue weighted by atomic mass is 19.4. The van der Waals surface area contributed by atoms with Gasteiger partial charge < -0.3 is 9.47 Å². The molecule has 4 rings (SSSR count). The third kappa shape index (κ3) is 2.44. The van der Waals surface area contributed by atoms with Gasteiger partial charge in [0.25, 0.3) is 0 Å². The molecule has 2 aliphatic heterocycles. The quantitative estimate of drug-likeness (QED) is 0.780. The lowest BCUT2D eigenvalue weighted by Crippen LogP contribution is -2.46. The van der Waals surface area contributed by atoms with Crippen LogP contribution in [0.1, 0.15) is 25.5 Å². The molecule has 26 heavy (non-hydrogen) atoms. The minimum absolute atomic E-state index is 0.157. The topological polar surface area (TPSA) is 78.2 Å². The fourth-order valence-corrected chi connectivity index (χ4v) is 3.51. The van der Waals surface area contributed by atoms with Gasteiger partial charge in [0.15, 0.2) is 0 Å². The highest BCUT2D eigenvalue weighted by Gasteiger charge is 2.43. The van der Waals surface area contributed by atoms with Gasteiger partial charge in [0, 0.05) is 5.56 Å². The van der Waals surface area contributed by atoms with E-state index in [2.05, 4.69) is 9.72 Å². The van der Waals surface area contributed by atoms with E-state index in [9.17, 15) is 22.8 Å². The standard InChI is InChI=1S/C16H14F3N3O4/c1-15(2)10-5-6-21-13(23)20-14(24)22(21)12(10)9-7-8(25-16(17,18)19)3-4-11(9)26-15/h3-5,7,12H,6H2,1-2H3,(H,20,23,24). The number of rotatable bonds is 1. The van der Waals surface area contributed by atoms with Gasteiger partial charge in [-0.05, 0) is 37.6 Å². The summed E-state index contributed by atoms with van der Waals surface area (Å²) in [4.78, 5) is 26.4. The highest BCUT2D eigenvalue weighted by molar-refractivity contribution is 5.51. The van der Waals surface area contributed by atoms with Gasteiger partial charge in [-0.1, -0.05) is 6.08 Å². The molecule has 138 valence electrons. The molecule has 1 aromatic carbocycles. The number of alkyl halides is 3. The summed E-state index contributed by atoms with van der Waals surface area (Å²) in [6.07, 6.45) is -3.10. The van der Waals surface area contributed by atoms with Crippen molar-refractivity contribution in [3.63, 3.8) is 0 Å². The Hall–Kier alpha value is -2.91. The molecule has 0 fully saturated rings. The van der Waals surface area contributed by atoms with Crippen molar-refractivity contribution < 1.29 is 22.6 Å². The number of allylic oxidation sites excluding steroid dienone is 1. The zero-order chi connectivity index (χ0) is 18.9. The Labute approximate surface area is 144 Å². The molecule has 1 unspecified atom stereocenters. The van der Waals surface area contributed by atoms with E-state index >= 15 is 0 Å². The number of hydrogen-bond acceptors (Lipinski definition) is 4. The van der Waals surface area contributed by atoms with Crippen LogP contribution in [0.3, 0.4) is 0 Å². The Bertz CT molecular complexity index is 1040. The molecule has 1 N–H and O–H groups in total. The van der Waals surface area contributed by atoms with Crippen LogP contribution < -0.4 is 20.9 Å². The first-order chi connectivity index (χ1) is 12.1. The van der Waals surface area contributed by atoms with Gasteiger partial charge in [-0.15, -0.1) is 13.2 Å². The first kappa shape index (κ1) is 16.6. The van der Waals surface area contributed by atoms with E-state index in [1.807, 2.05) is 0 Å². The van der Waals surface area contributed by atoms with Gasteiger partial charge in [-0.2, -0.15) is 0 Å². The van der Waals surface area contributed by atoms with Crippen LogP contribution in [0.4, 0.5) is 13.2 Å². The molecule has 3 heterocycles. The van der Waals surface area contributed by atoms with E-state index in [0.29, 0.717) is 16.9 Å². The predicted octanol–water partition coefficient (Wildman–Crippen LogP) is 1.94. The molecule has 1 aromatic heterocycles. The molecule has 0 amide bonds. The molecule has 2 aliphatic rings. The molecule has 0 saturated carbocycles. The summed E-state index contributed by atoms with van der Waals surface area (Å²) in [5, 5.41) is 0. The fourth-order valence-electron chi connectivity index (χ4n) is 3.51. The van der Waals surface area contributed by atoms with Gasteiger partial charge in [-0.3, -0.25) is 4.98 Å². The minimum Gasteiger partial charge on any atom is -0.483 e. The monoisotopic (exact) mass is 369 g/mol. The van der Waals surface area contributed by atoms with Crippen molar-refractivity contribution in [1.82, 2.24) is 14.3 Å². The maximum Gasteiger partial charge on any atom is 0.573 e. The predicted molar refractivity (Wildman–Crippen MR) is 83.4 cm³/mol. The molecule has 1 atom stereocenters. The molecular weight excluding hydrogens is 355 g/mol. The minimum atomic E-state index is -4.85. The van der Waals surface area contributed by atoms with Crippen molar-refractivity contribution in [1.29, 1.82) is 0 Å². The van der Waals surface area contributed by atoms with Crippen LogP contribution in [0.15, 0.2) is 39.4 Å². The first-order valence-electron chi connectivity index (χ1n) is 7.78. The Morgan fingerprint density at radius 1 is 1.27 bits per heavy atom. The van der Waals surface area contributed by atoms with Crippen molar-refractivity contribution >= 4 is 0 Å². The molecule has 0 saturated heterocycles. The second kappa shape index (κ2) is 5.05. The number of fused-ring (bicyclic) bond motifs is 5. The van der Waals surface area contributed by atoms with E-state index in [0.717, 1.165) is 6.07 Å². The molecular formula is C16H14F3N3O4. The van der Waals surface area contributed by atoms with Gasteiger partial charge in [0.2, 0.25) is 0 Å². The molecule has 10 heteroatoms. The van der Waals surface area contributed by atoms with Crippen LogP contribution >= 0.6 is 0 Å². The molecule has 7 nitrogen and oxygen atoms in total. The van der Waals surface area contributed by atoms with Crippen molar-refractivity contribution in [3.8, 4) is 11.5 Å². The molecule has 2 aromatic rings. The summed E-state index contributed by atoms with van der Waals surface area (Å²) in [5.41, 5.74) is -1.04. The number of H-pyrrole nitrogens is 1. The normalized spacial score (nSPS) is 20.3. The van der Waals surface area contributed by atoms with Crippen LogP contribution in [0, 0.1) is 0 Å². The highest BCUT2D eigenvalue weighted by Crippen LogP contribution is 2.47. The lowest BCUT2D eigenvalue weighted by Gasteiger charge is -2.42. The lowest BCUT2D eigenvalue weighted by molar-refractivity contribution is -0.274. The number of aromatic nitrogens is 3. The number of hydrogen-bond donors (Lipinski definition) is 1. The maximum atomic E-state index is 12.6. The van der Waals surface area contributed by atoms with E-state index in [1.54, 1.807) is 19.9 Å². The Kier molecular flexibility index (Phi) is 3.22. The zero-order valence-electron chi connectivity index (χ0n) is 13.8. The van der Waals surface area contributed by atoms with Crippen molar-refractivity contribution in [2.24, 2.45) is 0 Å². The van der Waals surface area contributed by atoms with E-state index < -0.39 is 35.1 Å². The van der Waals surface area contributed by atoms with E-state index in [1.165, 1.54) is 21.5 Å². The van der Waals surface area contributed by atoms with Crippen molar-refractivity contribution in [3.05, 3.63) is 56.4 Å². The van der Waals surface area contributed by atoms with Crippen LogP contribution in [-0.4, -0.2) is 26.3 Å². The van der Waals surface area contributed by atoms with Crippen molar-refractivity contribution in [2.45, 2.75) is 38.4 Å². The van der Waals surface area contributed by atoms with Gasteiger partial charge in [-0.25, -0.2) is 19.0 Å². The van der Waals surface area contributed by atoms with Crippen LogP contribution in [0.25, 0.3) is 0 Å². The van der Waals surface area contributed by atoms with E-state index in [-0.39, 0.29) is 6.54 Å². The Morgan fingerprint density at radius 3 is 2.69 bits per heavy atom. The molecule has 0 radical (unpaired) electrons. The number of aromatic amines is 1. The summed E-state index contributed by atoms with van der Waals surface area (Å²) in [6, 6.07) is 2.91. The average molecular weight is 369 g/mol. The number of nitrogens with zero attached hydrogens (tertiary/aromatic N) is 2. The van der Waals surface area contributed by atoms with E-state index in [4.69, 9.17) is 4.74 Å². The van der Waals surface area contributed by atoms with Crippen LogP contribution in [-0.2, 0) is 6.54 Å². The zero-order valence-corrected chi connectivity index (χ0v) is 13.8. The smallest absolute Gasteiger partial charge is 0.483 e. The average Bonchev–Trinajstić information content (AvgIpc) is 2.81. The molecule has 0 aliphatic carbocycles. The molecule has 0 bridgehead atoms. The molecule has 0 spiro atoms. The third-order valence-electron chi connectivity index (χ3n) is 4.51. The second-order valence-corrected chi connectivity index (χ2v) is 6.58. The first-order valence-corrected chi connectivity index (χ1v) is 7.78. The Balaban J connectivity index is 1.94. The van der Waals surface area contributed by atoms with Gasteiger partial charge >= 0.3 is 17.7 Å². The Morgan fingerprint density at radius 2 is 2.00 bits per heavy atom. The number of benzene rings is 1. The van der Waals surface area contributed by atoms with Crippen molar-refractivity contribution in [2.75, 3.05) is 0 Å². The second-order valence-electron chi connectivity index (χ2n) is 6.58.